The number of nitrogens with one attached hydrogen (secondary N) is 1. The highest BCUT2D eigenvalue weighted by molar-refractivity contribution is 7.09. The van der Waals surface area contributed by atoms with Crippen molar-refractivity contribution >= 4 is 17.2 Å². The number of aryl methyl sites for hydroxylation is 1. The van der Waals surface area contributed by atoms with Crippen LogP contribution in [0.25, 0.3) is 0 Å². The van der Waals surface area contributed by atoms with E-state index in [1.165, 1.54) is 10.6 Å². The zero-order valence-electron chi connectivity index (χ0n) is 10.5. The Morgan fingerprint density at radius 1 is 1.53 bits per heavy atom. The lowest BCUT2D eigenvalue weighted by Crippen LogP contribution is -2.33. The number of aromatic nitrogens is 2. The minimum Gasteiger partial charge on any atom is -0.352 e. The Labute approximate surface area is 115 Å². The van der Waals surface area contributed by atoms with E-state index in [2.05, 4.69) is 15.3 Å². The van der Waals surface area contributed by atoms with E-state index >= 15 is 0 Å². The average molecular weight is 273 g/mol. The number of nitrogens with zero attached hydrogens (tertiary/aromatic N) is 2. The monoisotopic (exact) mass is 273 g/mol. The third kappa shape index (κ3) is 2.81. The van der Waals surface area contributed by atoms with Gasteiger partial charge in [-0.25, -0.2) is 4.98 Å². The van der Waals surface area contributed by atoms with Gasteiger partial charge in [-0.15, -0.1) is 11.3 Å². The van der Waals surface area contributed by atoms with E-state index < -0.39 is 0 Å². The van der Waals surface area contributed by atoms with E-state index in [9.17, 15) is 4.79 Å². The molecule has 4 nitrogen and oxygen atoms in total. The maximum atomic E-state index is 12.2. The Balaban J connectivity index is 1.57. The molecule has 1 N–H and O–H groups in total. The number of carbonyl (C=O) groups is 1. The molecule has 2 aromatic heterocycles. The average Bonchev–Trinajstić information content (AvgIpc) is 2.93. The molecule has 0 aliphatic heterocycles. The minimum atomic E-state index is 0.0876. The van der Waals surface area contributed by atoms with Gasteiger partial charge in [0, 0.05) is 29.7 Å². The van der Waals surface area contributed by atoms with E-state index in [4.69, 9.17) is 0 Å². The lowest BCUT2D eigenvalue weighted by atomic mass is 9.90. The Kier molecular flexibility index (Phi) is 3.55. The van der Waals surface area contributed by atoms with Gasteiger partial charge in [-0.3, -0.25) is 9.78 Å². The lowest BCUT2D eigenvalue weighted by molar-refractivity contribution is -0.125. The first kappa shape index (κ1) is 12.3. The number of hydrogen-bond acceptors (Lipinski definition) is 4. The van der Waals surface area contributed by atoms with Crippen LogP contribution in [-0.4, -0.2) is 15.9 Å². The molecule has 1 aliphatic rings. The number of pyridine rings is 1. The topological polar surface area (TPSA) is 54.9 Å². The molecule has 1 aliphatic carbocycles. The first-order valence-corrected chi connectivity index (χ1v) is 7.29. The Morgan fingerprint density at radius 2 is 2.47 bits per heavy atom. The van der Waals surface area contributed by atoms with Gasteiger partial charge in [0.2, 0.25) is 5.91 Å². The van der Waals surface area contributed by atoms with Crippen LogP contribution in [0.4, 0.5) is 0 Å². The van der Waals surface area contributed by atoms with E-state index in [1.807, 2.05) is 17.6 Å². The molecule has 1 atom stereocenters. The van der Waals surface area contributed by atoms with Crippen molar-refractivity contribution < 1.29 is 4.79 Å². The van der Waals surface area contributed by atoms with Crippen molar-refractivity contribution in [2.75, 3.05) is 0 Å². The Bertz CT molecular complexity index is 567. The van der Waals surface area contributed by atoms with Gasteiger partial charge in [0.25, 0.3) is 0 Å². The molecule has 0 aromatic carbocycles. The predicted octanol–water partition coefficient (Wildman–Crippen LogP) is 1.96. The van der Waals surface area contributed by atoms with E-state index in [0.29, 0.717) is 6.54 Å². The fraction of sp³-hybridized carbons (Fsp3) is 0.357. The maximum Gasteiger partial charge on any atom is 0.223 e. The van der Waals surface area contributed by atoms with Gasteiger partial charge in [-0.05, 0) is 30.9 Å². The summed E-state index contributed by atoms with van der Waals surface area (Å²) in [6.07, 6.45) is 6.17. The van der Waals surface area contributed by atoms with Crippen LogP contribution in [0.2, 0.25) is 0 Å². The zero-order valence-corrected chi connectivity index (χ0v) is 11.3. The molecule has 0 saturated heterocycles. The molecule has 0 bridgehead atoms. The summed E-state index contributed by atoms with van der Waals surface area (Å²) in [5.74, 6) is 0.229. The fourth-order valence-electron chi connectivity index (χ4n) is 2.36. The molecule has 0 spiro atoms. The van der Waals surface area contributed by atoms with Crippen LogP contribution in [0.5, 0.6) is 0 Å². The molecule has 2 heterocycles. The molecule has 2 aromatic rings. The molecule has 3 rings (SSSR count). The summed E-state index contributed by atoms with van der Waals surface area (Å²) in [7, 11) is 0. The number of thiazole rings is 1. The highest BCUT2D eigenvalue weighted by Crippen LogP contribution is 2.27. The Hall–Kier alpha value is -1.75. The second-order valence-electron chi connectivity index (χ2n) is 4.74. The van der Waals surface area contributed by atoms with Gasteiger partial charge in [-0.1, -0.05) is 6.07 Å². The summed E-state index contributed by atoms with van der Waals surface area (Å²) in [6.45, 7) is 0.554. The molecule has 5 heteroatoms. The Morgan fingerprint density at radius 3 is 3.32 bits per heavy atom. The van der Waals surface area contributed by atoms with Crippen LogP contribution in [-0.2, 0) is 24.2 Å². The van der Waals surface area contributed by atoms with Crippen LogP contribution >= 0.6 is 11.3 Å². The third-order valence-electron chi connectivity index (χ3n) is 3.45. The zero-order chi connectivity index (χ0) is 13.1. The number of amides is 1. The lowest BCUT2D eigenvalue weighted by Gasteiger charge is -2.20. The quantitative estimate of drug-likeness (QED) is 0.930. The van der Waals surface area contributed by atoms with E-state index in [-0.39, 0.29) is 11.8 Å². The fourth-order valence-corrected chi connectivity index (χ4v) is 3.26. The van der Waals surface area contributed by atoms with Crippen LogP contribution in [0, 0.1) is 5.92 Å². The smallest absolute Gasteiger partial charge is 0.223 e. The van der Waals surface area contributed by atoms with Crippen LogP contribution < -0.4 is 5.32 Å². The van der Waals surface area contributed by atoms with Crippen molar-refractivity contribution in [2.45, 2.75) is 25.8 Å². The summed E-state index contributed by atoms with van der Waals surface area (Å²) in [5, 5.41) is 3.00. The van der Waals surface area contributed by atoms with E-state index in [0.717, 1.165) is 24.8 Å². The molecular formula is C14H15N3OS. The van der Waals surface area contributed by atoms with Crippen molar-refractivity contribution in [1.82, 2.24) is 15.3 Å². The number of fused-ring (bicyclic) bond motifs is 1. The summed E-state index contributed by atoms with van der Waals surface area (Å²) < 4.78 is 0. The molecule has 0 radical (unpaired) electrons. The molecular weight excluding hydrogens is 258 g/mol. The normalized spacial score (nSPS) is 17.8. The molecule has 1 amide bonds. The first-order chi connectivity index (χ1) is 9.33. The molecule has 1 unspecified atom stereocenters. The highest BCUT2D eigenvalue weighted by atomic mass is 32.1. The molecule has 19 heavy (non-hydrogen) atoms. The standard InChI is InChI=1S/C14H15N3OS/c18-14(16-8-10-2-1-5-15-7-10)11-3-4-12-13(6-11)19-9-17-12/h1-2,5,7,9,11H,3-4,6,8H2,(H,16,18). The van der Waals surface area contributed by atoms with Crippen LogP contribution in [0.3, 0.4) is 0 Å². The molecule has 0 saturated carbocycles. The van der Waals surface area contributed by atoms with Crippen molar-refractivity contribution in [3.63, 3.8) is 0 Å². The predicted molar refractivity (Wildman–Crippen MR) is 73.7 cm³/mol. The number of hydrogen-bond donors (Lipinski definition) is 1. The van der Waals surface area contributed by atoms with Crippen molar-refractivity contribution in [3.05, 3.63) is 46.2 Å². The SMILES string of the molecule is O=C(NCc1cccnc1)C1CCc2ncsc2C1. The summed E-state index contributed by atoms with van der Waals surface area (Å²) >= 11 is 1.66. The number of carbonyl (C=O) groups excluding carboxylic acids is 1. The molecule has 98 valence electrons. The van der Waals surface area contributed by atoms with Crippen molar-refractivity contribution in [2.24, 2.45) is 5.92 Å². The van der Waals surface area contributed by atoms with Gasteiger partial charge in [0.15, 0.2) is 0 Å². The van der Waals surface area contributed by atoms with Crippen molar-refractivity contribution in [1.29, 1.82) is 0 Å². The summed E-state index contributed by atoms with van der Waals surface area (Å²) in [4.78, 5) is 21.8. The van der Waals surface area contributed by atoms with Crippen LogP contribution in [0.15, 0.2) is 30.0 Å². The largest absolute Gasteiger partial charge is 0.352 e. The van der Waals surface area contributed by atoms with Gasteiger partial charge in [0.1, 0.15) is 0 Å². The van der Waals surface area contributed by atoms with E-state index in [1.54, 1.807) is 23.7 Å². The second-order valence-corrected chi connectivity index (χ2v) is 5.68. The minimum absolute atomic E-state index is 0.0876. The van der Waals surface area contributed by atoms with Gasteiger partial charge in [-0.2, -0.15) is 0 Å². The summed E-state index contributed by atoms with van der Waals surface area (Å²) in [6, 6.07) is 3.85. The molecule has 0 fully saturated rings. The highest BCUT2D eigenvalue weighted by Gasteiger charge is 2.25. The van der Waals surface area contributed by atoms with Crippen molar-refractivity contribution in [3.8, 4) is 0 Å². The summed E-state index contributed by atoms with van der Waals surface area (Å²) in [5.41, 5.74) is 4.09. The number of rotatable bonds is 3. The van der Waals surface area contributed by atoms with Gasteiger partial charge in [0.05, 0.1) is 11.2 Å². The first-order valence-electron chi connectivity index (χ1n) is 6.41. The van der Waals surface area contributed by atoms with Crippen LogP contribution in [0.1, 0.15) is 22.6 Å². The maximum absolute atomic E-state index is 12.2. The van der Waals surface area contributed by atoms with Gasteiger partial charge < -0.3 is 5.32 Å². The third-order valence-corrected chi connectivity index (χ3v) is 4.34. The van der Waals surface area contributed by atoms with Gasteiger partial charge >= 0.3 is 0 Å². The second kappa shape index (κ2) is 5.48.